The highest BCUT2D eigenvalue weighted by atomic mass is 14.5. The fourth-order valence-corrected chi connectivity index (χ4v) is 3.72. The zero-order valence-electron chi connectivity index (χ0n) is 7.26. The molecule has 4 atom stereocenters. The van der Waals surface area contributed by atoms with Gasteiger partial charge in [0.25, 0.3) is 0 Å². The van der Waals surface area contributed by atoms with Gasteiger partial charge < -0.3 is 0 Å². The molecule has 0 radical (unpaired) electrons. The lowest BCUT2D eigenvalue weighted by Gasteiger charge is -2.38. The Morgan fingerprint density at radius 1 is 0.545 bits per heavy atom. The van der Waals surface area contributed by atoms with Crippen LogP contribution in [0.15, 0.2) is 0 Å². The van der Waals surface area contributed by atoms with Crippen molar-refractivity contribution in [3.8, 4) is 0 Å². The molecule has 62 valence electrons. The molecule has 3 fully saturated rings. The van der Waals surface area contributed by atoms with Gasteiger partial charge in [0.15, 0.2) is 0 Å². The first-order valence-corrected chi connectivity index (χ1v) is 5.42. The van der Waals surface area contributed by atoms with Gasteiger partial charge in [0, 0.05) is 0 Å². The van der Waals surface area contributed by atoms with Crippen molar-refractivity contribution >= 4 is 0 Å². The lowest BCUT2D eigenvalue weighted by atomic mass is 9.68. The molecule has 0 aromatic carbocycles. The molecule has 0 spiro atoms. The van der Waals surface area contributed by atoms with Crippen LogP contribution >= 0.6 is 0 Å². The summed E-state index contributed by atoms with van der Waals surface area (Å²) in [6, 6.07) is 0. The first-order chi connectivity index (χ1) is 5.42. The quantitative estimate of drug-likeness (QED) is 0.497. The average Bonchev–Trinajstić information content (AvgIpc) is 2.37. The lowest BCUT2D eigenvalue weighted by Crippen LogP contribution is -2.27. The third kappa shape index (κ3) is 0.947. The van der Waals surface area contributed by atoms with Crippen LogP contribution in [-0.2, 0) is 0 Å². The summed E-state index contributed by atoms with van der Waals surface area (Å²) in [5.41, 5.74) is 0. The molecule has 0 aromatic rings. The van der Waals surface area contributed by atoms with Gasteiger partial charge in [0.2, 0.25) is 0 Å². The molecule has 3 saturated carbocycles. The van der Waals surface area contributed by atoms with E-state index in [-0.39, 0.29) is 0 Å². The summed E-state index contributed by atoms with van der Waals surface area (Å²) in [5.74, 6) is 4.70. The summed E-state index contributed by atoms with van der Waals surface area (Å²) in [6.45, 7) is 0. The Balaban J connectivity index is 1.78. The average molecular weight is 150 g/mol. The molecule has 3 aliphatic rings. The summed E-state index contributed by atoms with van der Waals surface area (Å²) in [4.78, 5) is 0. The van der Waals surface area contributed by atoms with E-state index in [1.807, 2.05) is 0 Å². The van der Waals surface area contributed by atoms with E-state index in [0.29, 0.717) is 0 Å². The molecule has 0 saturated heterocycles. The highest BCUT2D eigenvalue weighted by molar-refractivity contribution is 4.91. The Morgan fingerprint density at radius 2 is 1.09 bits per heavy atom. The lowest BCUT2D eigenvalue weighted by molar-refractivity contribution is 0.131. The van der Waals surface area contributed by atoms with Crippen molar-refractivity contribution in [2.24, 2.45) is 23.7 Å². The van der Waals surface area contributed by atoms with E-state index < -0.39 is 0 Å². The number of rotatable bonds is 0. The minimum Gasteiger partial charge on any atom is -0.0502 e. The van der Waals surface area contributed by atoms with E-state index in [9.17, 15) is 0 Å². The molecule has 3 aliphatic carbocycles. The summed E-state index contributed by atoms with van der Waals surface area (Å²) in [5, 5.41) is 0. The van der Waals surface area contributed by atoms with Crippen molar-refractivity contribution in [3.63, 3.8) is 0 Å². The zero-order valence-corrected chi connectivity index (χ0v) is 7.26. The second-order valence-corrected chi connectivity index (χ2v) is 5.11. The summed E-state index contributed by atoms with van der Waals surface area (Å²) in [6.07, 6.45) is 11.1. The topological polar surface area (TPSA) is 0 Å². The predicted octanol–water partition coefficient (Wildman–Crippen LogP) is 3.22. The van der Waals surface area contributed by atoms with E-state index in [4.69, 9.17) is 0 Å². The van der Waals surface area contributed by atoms with Gasteiger partial charge in [-0.2, -0.15) is 0 Å². The maximum Gasteiger partial charge on any atom is -0.0383 e. The fraction of sp³-hybridized carbons (Fsp3) is 1.00. The highest BCUT2D eigenvalue weighted by Crippen LogP contribution is 2.52. The molecule has 11 heavy (non-hydrogen) atoms. The minimum absolute atomic E-state index is 1.16. The van der Waals surface area contributed by atoms with Crippen LogP contribution in [0.4, 0.5) is 0 Å². The van der Waals surface area contributed by atoms with Crippen molar-refractivity contribution in [3.05, 3.63) is 0 Å². The smallest absolute Gasteiger partial charge is 0.0383 e. The molecular formula is C11H18. The number of fused-ring (bicyclic) bond motifs is 3. The van der Waals surface area contributed by atoms with Crippen LogP contribution in [0.1, 0.15) is 44.9 Å². The van der Waals surface area contributed by atoms with E-state index in [2.05, 4.69) is 0 Å². The zero-order chi connectivity index (χ0) is 7.26. The third-order valence-corrected chi connectivity index (χ3v) is 4.50. The maximum absolute atomic E-state index is 1.61. The van der Waals surface area contributed by atoms with Crippen molar-refractivity contribution in [2.45, 2.75) is 44.9 Å². The van der Waals surface area contributed by atoms with E-state index in [1.54, 1.807) is 44.9 Å². The SMILES string of the molecule is C1C[C@H]2C[C@@H]1C[C@H]1CC[C@@H]1C2. The van der Waals surface area contributed by atoms with E-state index in [0.717, 1.165) is 11.8 Å². The molecule has 0 N–H and O–H groups in total. The fourth-order valence-electron chi connectivity index (χ4n) is 3.72. The molecule has 0 amide bonds. The van der Waals surface area contributed by atoms with Crippen molar-refractivity contribution in [2.75, 3.05) is 0 Å². The van der Waals surface area contributed by atoms with Gasteiger partial charge in [-0.1, -0.05) is 12.8 Å². The second kappa shape index (κ2) is 2.24. The Labute approximate surface area is 69.4 Å². The van der Waals surface area contributed by atoms with Crippen LogP contribution in [0.5, 0.6) is 0 Å². The van der Waals surface area contributed by atoms with E-state index >= 15 is 0 Å². The molecule has 0 heteroatoms. The Morgan fingerprint density at radius 3 is 1.55 bits per heavy atom. The molecule has 0 unspecified atom stereocenters. The van der Waals surface area contributed by atoms with Crippen LogP contribution < -0.4 is 0 Å². The van der Waals surface area contributed by atoms with Crippen LogP contribution in [0.25, 0.3) is 0 Å². The van der Waals surface area contributed by atoms with Crippen LogP contribution in [0.3, 0.4) is 0 Å². The largest absolute Gasteiger partial charge is 0.0502 e. The molecule has 0 nitrogen and oxygen atoms in total. The van der Waals surface area contributed by atoms with Gasteiger partial charge in [0.1, 0.15) is 0 Å². The van der Waals surface area contributed by atoms with Crippen molar-refractivity contribution in [1.82, 2.24) is 0 Å². The summed E-state index contributed by atoms with van der Waals surface area (Å²) in [7, 11) is 0. The monoisotopic (exact) mass is 150 g/mol. The Hall–Kier alpha value is 0. The third-order valence-electron chi connectivity index (χ3n) is 4.50. The molecule has 0 heterocycles. The number of hydrogen-bond acceptors (Lipinski definition) is 0. The molecule has 2 bridgehead atoms. The second-order valence-electron chi connectivity index (χ2n) is 5.11. The Kier molecular flexibility index (Phi) is 1.33. The van der Waals surface area contributed by atoms with E-state index in [1.165, 1.54) is 11.8 Å². The summed E-state index contributed by atoms with van der Waals surface area (Å²) >= 11 is 0. The summed E-state index contributed by atoms with van der Waals surface area (Å²) < 4.78 is 0. The highest BCUT2D eigenvalue weighted by Gasteiger charge is 2.40. The van der Waals surface area contributed by atoms with Crippen LogP contribution in [0, 0.1) is 23.7 Å². The van der Waals surface area contributed by atoms with Gasteiger partial charge in [-0.25, -0.2) is 0 Å². The van der Waals surface area contributed by atoms with Crippen molar-refractivity contribution in [1.29, 1.82) is 0 Å². The molecule has 0 aromatic heterocycles. The van der Waals surface area contributed by atoms with Gasteiger partial charge in [0.05, 0.1) is 0 Å². The maximum atomic E-state index is 1.61. The molecular weight excluding hydrogens is 132 g/mol. The van der Waals surface area contributed by atoms with Gasteiger partial charge >= 0.3 is 0 Å². The molecule has 0 aliphatic heterocycles. The normalized spacial score (nSPS) is 54.5. The van der Waals surface area contributed by atoms with Gasteiger partial charge in [-0.15, -0.1) is 0 Å². The van der Waals surface area contributed by atoms with Gasteiger partial charge in [-0.05, 0) is 55.8 Å². The van der Waals surface area contributed by atoms with Crippen molar-refractivity contribution < 1.29 is 0 Å². The molecule has 3 rings (SSSR count). The first-order valence-electron chi connectivity index (χ1n) is 5.42. The predicted molar refractivity (Wildman–Crippen MR) is 46.3 cm³/mol. The van der Waals surface area contributed by atoms with Gasteiger partial charge in [-0.3, -0.25) is 0 Å². The van der Waals surface area contributed by atoms with Crippen LogP contribution in [0.2, 0.25) is 0 Å². The standard InChI is InChI=1S/C11H18/c1-2-9-5-8(1)6-10-3-4-11(10)7-9/h8-11H,1-7H2/t8-,9+,10-,11-/m1/s1. The first kappa shape index (κ1) is 6.51. The Bertz CT molecular complexity index is 143. The number of hydrogen-bond donors (Lipinski definition) is 0. The van der Waals surface area contributed by atoms with Crippen LogP contribution in [-0.4, -0.2) is 0 Å². The minimum atomic E-state index is 1.16.